The Hall–Kier alpha value is -2.03. The molecule has 0 saturated heterocycles. The van der Waals surface area contributed by atoms with E-state index in [9.17, 15) is 13.2 Å². The molecule has 0 aliphatic carbocycles. The van der Waals surface area contributed by atoms with Gasteiger partial charge in [-0.1, -0.05) is 21.9 Å². The molecule has 1 aliphatic heterocycles. The largest absolute Gasteiger partial charge is 0.417 e. The number of nitrogens with one attached hydrogen (secondary N) is 1. The zero-order valence-corrected chi connectivity index (χ0v) is 13.1. The van der Waals surface area contributed by atoms with Crippen molar-refractivity contribution in [2.24, 2.45) is 10.3 Å². The van der Waals surface area contributed by atoms with E-state index in [1.807, 2.05) is 0 Å². The summed E-state index contributed by atoms with van der Waals surface area (Å²) in [6.45, 7) is 2.02. The van der Waals surface area contributed by atoms with Gasteiger partial charge >= 0.3 is 6.18 Å². The van der Waals surface area contributed by atoms with Gasteiger partial charge in [0.25, 0.3) is 0 Å². The maximum Gasteiger partial charge on any atom is 0.417 e. The lowest BCUT2D eigenvalue weighted by molar-refractivity contribution is -0.137. The van der Waals surface area contributed by atoms with Crippen LogP contribution in [0.3, 0.4) is 0 Å². The van der Waals surface area contributed by atoms with Crippen molar-refractivity contribution in [3.05, 3.63) is 22.8 Å². The minimum absolute atomic E-state index is 0.115. The number of hydrogen-bond donors (Lipinski definition) is 1. The lowest BCUT2D eigenvalue weighted by atomic mass is 10.1. The van der Waals surface area contributed by atoms with Gasteiger partial charge in [0.1, 0.15) is 30.5 Å². The third-order valence-electron chi connectivity index (χ3n) is 3.04. The predicted molar refractivity (Wildman–Crippen MR) is 79.8 cm³/mol. The van der Waals surface area contributed by atoms with Crippen LogP contribution in [-0.4, -0.2) is 36.2 Å². The molecule has 126 valence electrons. The molecule has 1 aliphatic rings. The van der Waals surface area contributed by atoms with E-state index >= 15 is 0 Å². The van der Waals surface area contributed by atoms with Crippen molar-refractivity contribution in [3.8, 4) is 0 Å². The molecule has 1 unspecified atom stereocenters. The van der Waals surface area contributed by atoms with Gasteiger partial charge in [0.15, 0.2) is 0 Å². The van der Waals surface area contributed by atoms with E-state index in [2.05, 4.69) is 25.4 Å². The second-order valence-corrected chi connectivity index (χ2v) is 5.17. The number of aromatic nitrogens is 1. The fraction of sp³-hybridized carbons (Fsp3) is 0.462. The Bertz CT molecular complexity index is 634. The fourth-order valence-corrected chi connectivity index (χ4v) is 2.11. The summed E-state index contributed by atoms with van der Waals surface area (Å²) in [5.74, 6) is 0.152. The van der Waals surface area contributed by atoms with E-state index in [4.69, 9.17) is 16.4 Å². The van der Waals surface area contributed by atoms with E-state index in [0.29, 0.717) is 17.8 Å². The molecule has 0 bridgehead atoms. The standard InChI is InChI=1S/C13H14ClF3N4O2/c1-7(20-22-2)11-4-9(23-21-11)6-19-12-10(14)3-8(5-18-12)13(15,16)17/h3,5,9H,4,6H2,1-2H3,(H,18,19). The van der Waals surface area contributed by atoms with Crippen molar-refractivity contribution in [2.45, 2.75) is 25.6 Å². The molecule has 1 N–H and O–H groups in total. The number of alkyl halides is 3. The number of oxime groups is 2. The first kappa shape index (κ1) is 17.3. The van der Waals surface area contributed by atoms with Crippen LogP contribution in [0, 0.1) is 0 Å². The zero-order valence-electron chi connectivity index (χ0n) is 12.3. The highest BCUT2D eigenvalue weighted by Gasteiger charge is 2.31. The number of nitrogens with zero attached hydrogens (tertiary/aromatic N) is 3. The van der Waals surface area contributed by atoms with Crippen LogP contribution >= 0.6 is 11.6 Å². The van der Waals surface area contributed by atoms with E-state index in [1.54, 1.807) is 6.92 Å². The van der Waals surface area contributed by atoms with E-state index in [-0.39, 0.29) is 23.5 Å². The van der Waals surface area contributed by atoms with Gasteiger partial charge < -0.3 is 15.0 Å². The number of anilines is 1. The first-order valence-electron chi connectivity index (χ1n) is 6.58. The summed E-state index contributed by atoms with van der Waals surface area (Å²) in [7, 11) is 1.43. The van der Waals surface area contributed by atoms with Gasteiger partial charge in [-0.3, -0.25) is 0 Å². The van der Waals surface area contributed by atoms with Gasteiger partial charge in [-0.05, 0) is 13.0 Å². The number of pyridine rings is 1. The lowest BCUT2D eigenvalue weighted by Crippen LogP contribution is -2.22. The van der Waals surface area contributed by atoms with Crippen LogP contribution in [0.15, 0.2) is 22.6 Å². The Kier molecular flexibility index (Phi) is 5.30. The molecule has 0 spiro atoms. The van der Waals surface area contributed by atoms with Gasteiger partial charge in [0.2, 0.25) is 0 Å². The summed E-state index contributed by atoms with van der Waals surface area (Å²) >= 11 is 5.81. The summed E-state index contributed by atoms with van der Waals surface area (Å²) in [6.07, 6.45) is -3.57. The van der Waals surface area contributed by atoms with Crippen LogP contribution in [0.4, 0.5) is 19.0 Å². The van der Waals surface area contributed by atoms with Crippen molar-refractivity contribution in [1.29, 1.82) is 0 Å². The SMILES string of the molecule is CON=C(C)C1=NOC(CNc2ncc(C(F)(F)F)cc2Cl)C1. The topological polar surface area (TPSA) is 68.1 Å². The zero-order chi connectivity index (χ0) is 17.0. The minimum Gasteiger partial charge on any atom is -0.399 e. The highest BCUT2D eigenvalue weighted by atomic mass is 35.5. The number of hydrogen-bond acceptors (Lipinski definition) is 6. The maximum atomic E-state index is 12.5. The molecule has 10 heteroatoms. The van der Waals surface area contributed by atoms with Crippen molar-refractivity contribution in [2.75, 3.05) is 19.0 Å². The molecule has 2 heterocycles. The Balaban J connectivity index is 1.92. The van der Waals surface area contributed by atoms with Crippen LogP contribution < -0.4 is 5.32 Å². The van der Waals surface area contributed by atoms with Crippen molar-refractivity contribution < 1.29 is 22.8 Å². The molecule has 6 nitrogen and oxygen atoms in total. The second-order valence-electron chi connectivity index (χ2n) is 4.76. The molecule has 0 aromatic carbocycles. The normalized spacial score (nSPS) is 18.4. The molecular weight excluding hydrogens is 337 g/mol. The van der Waals surface area contributed by atoms with Gasteiger partial charge in [-0.2, -0.15) is 13.2 Å². The summed E-state index contributed by atoms with van der Waals surface area (Å²) in [6, 6.07) is 0.823. The molecule has 2 rings (SSSR count). The maximum absolute atomic E-state index is 12.5. The van der Waals surface area contributed by atoms with Gasteiger partial charge in [-0.15, -0.1) is 0 Å². The summed E-state index contributed by atoms with van der Waals surface area (Å²) in [5.41, 5.74) is 0.341. The molecular formula is C13H14ClF3N4O2. The predicted octanol–water partition coefficient (Wildman–Crippen LogP) is 3.33. The molecule has 0 fully saturated rings. The highest BCUT2D eigenvalue weighted by molar-refractivity contribution is 6.41. The van der Waals surface area contributed by atoms with Gasteiger partial charge in [0.05, 0.1) is 17.1 Å². The second kappa shape index (κ2) is 7.03. The third kappa shape index (κ3) is 4.47. The van der Waals surface area contributed by atoms with Gasteiger partial charge in [-0.25, -0.2) is 4.98 Å². The molecule has 1 atom stereocenters. The minimum atomic E-state index is -4.48. The molecule has 0 amide bonds. The number of halogens is 4. The van der Waals surface area contributed by atoms with Crippen molar-refractivity contribution in [3.63, 3.8) is 0 Å². The molecule has 1 aromatic rings. The highest BCUT2D eigenvalue weighted by Crippen LogP contribution is 2.32. The average Bonchev–Trinajstić information content (AvgIpc) is 2.94. The van der Waals surface area contributed by atoms with Crippen LogP contribution in [0.2, 0.25) is 5.02 Å². The van der Waals surface area contributed by atoms with E-state index in [1.165, 1.54) is 7.11 Å². The first-order valence-corrected chi connectivity index (χ1v) is 6.96. The Labute approximate surface area is 135 Å². The van der Waals surface area contributed by atoms with Crippen molar-refractivity contribution in [1.82, 2.24) is 4.98 Å². The molecule has 0 saturated carbocycles. The quantitative estimate of drug-likeness (QED) is 0.653. The molecule has 23 heavy (non-hydrogen) atoms. The average molecular weight is 351 g/mol. The smallest absolute Gasteiger partial charge is 0.399 e. The number of rotatable bonds is 5. The monoisotopic (exact) mass is 350 g/mol. The Morgan fingerprint density at radius 1 is 1.57 bits per heavy atom. The summed E-state index contributed by atoms with van der Waals surface area (Å²) in [5, 5.41) is 10.4. The van der Waals surface area contributed by atoms with Crippen LogP contribution in [0.5, 0.6) is 0 Å². The van der Waals surface area contributed by atoms with Gasteiger partial charge in [0, 0.05) is 12.6 Å². The van der Waals surface area contributed by atoms with E-state index < -0.39 is 11.7 Å². The van der Waals surface area contributed by atoms with Crippen LogP contribution in [-0.2, 0) is 15.9 Å². The fourth-order valence-electron chi connectivity index (χ4n) is 1.87. The Morgan fingerprint density at radius 3 is 2.91 bits per heavy atom. The van der Waals surface area contributed by atoms with Crippen molar-refractivity contribution >= 4 is 28.8 Å². The Morgan fingerprint density at radius 2 is 2.30 bits per heavy atom. The summed E-state index contributed by atoms with van der Waals surface area (Å²) < 4.78 is 37.6. The van der Waals surface area contributed by atoms with Crippen LogP contribution in [0.1, 0.15) is 18.9 Å². The first-order chi connectivity index (χ1) is 10.8. The third-order valence-corrected chi connectivity index (χ3v) is 3.33. The molecule has 0 radical (unpaired) electrons. The molecule has 1 aromatic heterocycles. The van der Waals surface area contributed by atoms with Crippen LogP contribution in [0.25, 0.3) is 0 Å². The summed E-state index contributed by atoms with van der Waals surface area (Å²) in [4.78, 5) is 13.6. The lowest BCUT2D eigenvalue weighted by Gasteiger charge is -2.13. The van der Waals surface area contributed by atoms with E-state index in [0.717, 1.165) is 12.3 Å².